The largest absolute Gasteiger partial charge is 0.313 e. The van der Waals surface area contributed by atoms with Crippen molar-refractivity contribution in [3.8, 4) is 0 Å². The van der Waals surface area contributed by atoms with Crippen LogP contribution < -0.4 is 5.32 Å². The van der Waals surface area contributed by atoms with Gasteiger partial charge in [-0.1, -0.05) is 18.5 Å². The number of benzene rings is 1. The van der Waals surface area contributed by atoms with Gasteiger partial charge in [-0.25, -0.2) is 8.42 Å². The lowest BCUT2D eigenvalue weighted by Gasteiger charge is -2.20. The molecular weight excluding hydrogens is 296 g/mol. The van der Waals surface area contributed by atoms with Crippen LogP contribution in [0.4, 0.5) is 0 Å². The van der Waals surface area contributed by atoms with Crippen molar-refractivity contribution in [1.29, 1.82) is 0 Å². The zero-order valence-corrected chi connectivity index (χ0v) is 13.7. The molecule has 0 atom stereocenters. The van der Waals surface area contributed by atoms with Crippen LogP contribution in [0, 0.1) is 6.92 Å². The van der Waals surface area contributed by atoms with Gasteiger partial charge < -0.3 is 5.32 Å². The molecule has 0 aliphatic heterocycles. The molecule has 2 rings (SSSR count). The van der Waals surface area contributed by atoms with Crippen LogP contribution >= 0.6 is 11.6 Å². The summed E-state index contributed by atoms with van der Waals surface area (Å²) in [4.78, 5) is 0.326. The Kier molecular flexibility index (Phi) is 4.74. The minimum atomic E-state index is -3.46. The fourth-order valence-corrected chi connectivity index (χ4v) is 4.22. The smallest absolute Gasteiger partial charge is 0.243 e. The summed E-state index contributed by atoms with van der Waals surface area (Å²) in [6.45, 7) is 5.31. The second-order valence-corrected chi connectivity index (χ2v) is 7.62. The number of nitrogens with zero attached hydrogens (tertiary/aromatic N) is 1. The van der Waals surface area contributed by atoms with E-state index < -0.39 is 10.0 Å². The molecule has 0 unspecified atom stereocenters. The molecule has 0 bridgehead atoms. The lowest BCUT2D eigenvalue weighted by atomic mass is 10.1. The van der Waals surface area contributed by atoms with Gasteiger partial charge >= 0.3 is 0 Å². The first-order chi connectivity index (χ1) is 9.37. The molecule has 0 saturated heterocycles. The third-order valence-corrected chi connectivity index (χ3v) is 5.97. The van der Waals surface area contributed by atoms with Crippen LogP contribution in [0.2, 0.25) is 5.02 Å². The van der Waals surface area contributed by atoms with Gasteiger partial charge in [-0.15, -0.1) is 0 Å². The molecule has 1 N–H and O–H groups in total. The Morgan fingerprint density at radius 2 is 2.05 bits per heavy atom. The Labute approximate surface area is 126 Å². The molecule has 20 heavy (non-hydrogen) atoms. The van der Waals surface area contributed by atoms with E-state index >= 15 is 0 Å². The van der Waals surface area contributed by atoms with E-state index in [9.17, 15) is 8.42 Å². The van der Waals surface area contributed by atoms with E-state index in [1.54, 1.807) is 13.1 Å². The average molecular weight is 317 g/mol. The number of rotatable bonds is 6. The third-order valence-electron chi connectivity index (χ3n) is 3.72. The summed E-state index contributed by atoms with van der Waals surface area (Å²) in [5.74, 6) is 0. The summed E-state index contributed by atoms with van der Waals surface area (Å²) < 4.78 is 26.8. The van der Waals surface area contributed by atoms with Crippen molar-refractivity contribution in [3.63, 3.8) is 0 Å². The van der Waals surface area contributed by atoms with Crippen LogP contribution in [0.15, 0.2) is 17.0 Å². The SMILES string of the molecule is CCNCc1cc(Cl)cc(S(=O)(=O)N(C)C2CC2)c1C. The van der Waals surface area contributed by atoms with Crippen molar-refractivity contribution in [3.05, 3.63) is 28.3 Å². The topological polar surface area (TPSA) is 49.4 Å². The first-order valence-corrected chi connectivity index (χ1v) is 8.67. The molecule has 4 nitrogen and oxygen atoms in total. The molecule has 0 heterocycles. The zero-order chi connectivity index (χ0) is 14.9. The fraction of sp³-hybridized carbons (Fsp3) is 0.571. The summed E-state index contributed by atoms with van der Waals surface area (Å²) in [5.41, 5.74) is 1.71. The number of hydrogen-bond acceptors (Lipinski definition) is 3. The van der Waals surface area contributed by atoms with Crippen molar-refractivity contribution in [2.24, 2.45) is 0 Å². The molecule has 6 heteroatoms. The molecule has 1 aromatic carbocycles. The van der Waals surface area contributed by atoms with Gasteiger partial charge in [-0.05, 0) is 49.6 Å². The van der Waals surface area contributed by atoms with Crippen LogP contribution in [-0.4, -0.2) is 32.4 Å². The van der Waals surface area contributed by atoms with E-state index in [1.165, 1.54) is 4.31 Å². The predicted octanol–water partition coefficient (Wildman–Crippen LogP) is 2.54. The van der Waals surface area contributed by atoms with E-state index in [4.69, 9.17) is 11.6 Å². The average Bonchev–Trinajstić information content (AvgIpc) is 3.22. The fourth-order valence-electron chi connectivity index (χ4n) is 2.21. The number of halogens is 1. The van der Waals surface area contributed by atoms with E-state index in [0.29, 0.717) is 16.5 Å². The Bertz CT molecular complexity index is 597. The van der Waals surface area contributed by atoms with Gasteiger partial charge in [-0.2, -0.15) is 4.31 Å². The second-order valence-electron chi connectivity index (χ2n) is 5.22. The maximum absolute atomic E-state index is 12.7. The van der Waals surface area contributed by atoms with Gasteiger partial charge in [0, 0.05) is 24.7 Å². The summed E-state index contributed by atoms with van der Waals surface area (Å²) in [6.07, 6.45) is 1.89. The summed E-state index contributed by atoms with van der Waals surface area (Å²) in [7, 11) is -1.81. The zero-order valence-electron chi connectivity index (χ0n) is 12.1. The van der Waals surface area contributed by atoms with Crippen molar-refractivity contribution >= 4 is 21.6 Å². The molecule has 112 valence electrons. The van der Waals surface area contributed by atoms with Crippen LogP contribution in [0.3, 0.4) is 0 Å². The van der Waals surface area contributed by atoms with E-state index in [1.807, 2.05) is 19.9 Å². The lowest BCUT2D eigenvalue weighted by molar-refractivity contribution is 0.463. The molecule has 1 aliphatic rings. The number of hydrogen-bond donors (Lipinski definition) is 1. The van der Waals surface area contributed by atoms with Crippen LogP contribution in [0.25, 0.3) is 0 Å². The highest BCUT2D eigenvalue weighted by molar-refractivity contribution is 7.89. The Hall–Kier alpha value is -0.620. The summed E-state index contributed by atoms with van der Waals surface area (Å²) in [5, 5.41) is 3.67. The molecule has 1 aliphatic carbocycles. The van der Waals surface area contributed by atoms with Gasteiger partial charge in [-0.3, -0.25) is 0 Å². The summed E-state index contributed by atoms with van der Waals surface area (Å²) in [6, 6.07) is 3.53. The highest BCUT2D eigenvalue weighted by Crippen LogP contribution is 2.33. The van der Waals surface area contributed by atoms with Gasteiger partial charge in [0.2, 0.25) is 10.0 Å². The first-order valence-electron chi connectivity index (χ1n) is 6.85. The molecular formula is C14H21ClN2O2S. The Balaban J connectivity index is 2.42. The number of nitrogens with one attached hydrogen (secondary N) is 1. The van der Waals surface area contributed by atoms with Gasteiger partial charge in [0.05, 0.1) is 4.90 Å². The molecule has 1 aromatic rings. The first kappa shape index (κ1) is 15.8. The van der Waals surface area contributed by atoms with E-state index in [0.717, 1.165) is 30.5 Å². The van der Waals surface area contributed by atoms with Crippen LogP contribution in [0.5, 0.6) is 0 Å². The minimum absolute atomic E-state index is 0.149. The van der Waals surface area contributed by atoms with Crippen molar-refractivity contribution in [1.82, 2.24) is 9.62 Å². The Morgan fingerprint density at radius 1 is 1.40 bits per heavy atom. The van der Waals surface area contributed by atoms with Crippen LogP contribution in [0.1, 0.15) is 30.9 Å². The molecule has 0 spiro atoms. The molecule has 1 saturated carbocycles. The molecule has 0 amide bonds. The standard InChI is InChI=1S/C14H21ClN2O2S/c1-4-16-9-11-7-12(15)8-14(10(11)2)20(18,19)17(3)13-5-6-13/h7-8,13,16H,4-6,9H2,1-3H3. The highest BCUT2D eigenvalue weighted by Gasteiger charge is 2.36. The quantitative estimate of drug-likeness (QED) is 0.877. The molecule has 0 aromatic heterocycles. The van der Waals surface area contributed by atoms with Crippen molar-refractivity contribution in [2.45, 2.75) is 44.2 Å². The summed E-state index contributed by atoms with van der Waals surface area (Å²) >= 11 is 6.10. The van der Waals surface area contributed by atoms with Gasteiger partial charge in [0.15, 0.2) is 0 Å². The maximum atomic E-state index is 12.7. The molecule has 1 fully saturated rings. The monoisotopic (exact) mass is 316 g/mol. The minimum Gasteiger partial charge on any atom is -0.313 e. The normalized spacial score (nSPS) is 15.8. The maximum Gasteiger partial charge on any atom is 0.243 e. The van der Waals surface area contributed by atoms with E-state index in [2.05, 4.69) is 5.32 Å². The second kappa shape index (κ2) is 6.02. The van der Waals surface area contributed by atoms with Crippen molar-refractivity contribution in [2.75, 3.05) is 13.6 Å². The van der Waals surface area contributed by atoms with Gasteiger partial charge in [0.25, 0.3) is 0 Å². The van der Waals surface area contributed by atoms with Gasteiger partial charge in [0.1, 0.15) is 0 Å². The van der Waals surface area contributed by atoms with Crippen LogP contribution in [-0.2, 0) is 16.6 Å². The van der Waals surface area contributed by atoms with Crippen molar-refractivity contribution < 1.29 is 8.42 Å². The number of sulfonamides is 1. The Morgan fingerprint density at radius 3 is 2.60 bits per heavy atom. The third kappa shape index (κ3) is 3.17. The molecule has 0 radical (unpaired) electrons. The lowest BCUT2D eigenvalue weighted by Crippen LogP contribution is -2.30. The highest BCUT2D eigenvalue weighted by atomic mass is 35.5. The van der Waals surface area contributed by atoms with E-state index in [-0.39, 0.29) is 6.04 Å². The predicted molar refractivity (Wildman–Crippen MR) is 81.5 cm³/mol.